The standard InChI is InChI=1S/C21H25N3O3.ClH/c1-16-4-3-5-19(14-16)24(21(26)23-12-10-22-11-13-23)15-17-6-8-18(9-7-17)20(25)27-2;/h3-9,14,22H,10-13,15H2,1-2H3;1H. The van der Waals surface area contributed by atoms with E-state index in [1.165, 1.54) is 7.11 Å². The summed E-state index contributed by atoms with van der Waals surface area (Å²) in [7, 11) is 1.36. The number of anilines is 1. The summed E-state index contributed by atoms with van der Waals surface area (Å²) in [6.45, 7) is 5.46. The Labute approximate surface area is 171 Å². The molecule has 0 spiro atoms. The van der Waals surface area contributed by atoms with Crippen LogP contribution in [0.5, 0.6) is 0 Å². The van der Waals surface area contributed by atoms with Crippen LogP contribution in [0.2, 0.25) is 0 Å². The lowest BCUT2D eigenvalue weighted by molar-refractivity contribution is 0.0600. The third-order valence-corrected chi connectivity index (χ3v) is 4.65. The molecule has 1 fully saturated rings. The molecule has 7 heteroatoms. The highest BCUT2D eigenvalue weighted by molar-refractivity contribution is 5.92. The van der Waals surface area contributed by atoms with Gasteiger partial charge in [-0.2, -0.15) is 0 Å². The molecule has 0 aromatic heterocycles. The zero-order valence-corrected chi connectivity index (χ0v) is 17.0. The molecule has 2 aromatic rings. The maximum absolute atomic E-state index is 13.2. The van der Waals surface area contributed by atoms with Gasteiger partial charge in [0.05, 0.1) is 19.2 Å². The predicted octanol–water partition coefficient (Wildman–Crippen LogP) is 3.24. The molecule has 1 aliphatic rings. The minimum Gasteiger partial charge on any atom is -0.465 e. The lowest BCUT2D eigenvalue weighted by atomic mass is 10.1. The van der Waals surface area contributed by atoms with Crippen molar-refractivity contribution < 1.29 is 14.3 Å². The summed E-state index contributed by atoms with van der Waals surface area (Å²) in [5, 5.41) is 3.27. The van der Waals surface area contributed by atoms with Gasteiger partial charge in [0.15, 0.2) is 0 Å². The molecule has 1 N–H and O–H groups in total. The van der Waals surface area contributed by atoms with E-state index in [2.05, 4.69) is 5.32 Å². The molecule has 0 aliphatic carbocycles. The van der Waals surface area contributed by atoms with Crippen molar-refractivity contribution in [3.05, 3.63) is 65.2 Å². The molecule has 1 aliphatic heterocycles. The van der Waals surface area contributed by atoms with Gasteiger partial charge in [-0.05, 0) is 42.3 Å². The number of aryl methyl sites for hydroxylation is 1. The normalized spacial score (nSPS) is 13.4. The molecular weight excluding hydrogens is 378 g/mol. The number of halogens is 1. The number of rotatable bonds is 4. The van der Waals surface area contributed by atoms with Crippen LogP contribution in [-0.4, -0.2) is 50.2 Å². The Bertz CT molecular complexity index is 805. The van der Waals surface area contributed by atoms with Crippen molar-refractivity contribution in [1.82, 2.24) is 10.2 Å². The number of nitrogens with zero attached hydrogens (tertiary/aromatic N) is 2. The van der Waals surface area contributed by atoms with Gasteiger partial charge in [-0.1, -0.05) is 24.3 Å². The second-order valence-corrected chi connectivity index (χ2v) is 6.63. The molecular formula is C21H26ClN3O3. The molecule has 0 radical (unpaired) electrons. The number of urea groups is 1. The number of amides is 2. The molecule has 2 aromatic carbocycles. The van der Waals surface area contributed by atoms with Crippen molar-refractivity contribution in [2.24, 2.45) is 0 Å². The van der Waals surface area contributed by atoms with E-state index in [0.717, 1.165) is 29.9 Å². The summed E-state index contributed by atoms with van der Waals surface area (Å²) in [6.07, 6.45) is 0. The van der Waals surface area contributed by atoms with Crippen LogP contribution in [-0.2, 0) is 11.3 Å². The fourth-order valence-corrected chi connectivity index (χ4v) is 3.14. The van der Waals surface area contributed by atoms with E-state index in [-0.39, 0.29) is 24.4 Å². The summed E-state index contributed by atoms with van der Waals surface area (Å²) < 4.78 is 4.74. The van der Waals surface area contributed by atoms with Gasteiger partial charge in [0.1, 0.15) is 0 Å². The molecule has 6 nitrogen and oxygen atoms in total. The molecule has 28 heavy (non-hydrogen) atoms. The number of carbonyl (C=O) groups is 2. The molecule has 150 valence electrons. The fourth-order valence-electron chi connectivity index (χ4n) is 3.14. The van der Waals surface area contributed by atoms with E-state index >= 15 is 0 Å². The topological polar surface area (TPSA) is 61.9 Å². The molecule has 1 saturated heterocycles. The number of hydrogen-bond acceptors (Lipinski definition) is 4. The zero-order valence-electron chi connectivity index (χ0n) is 16.2. The SMILES string of the molecule is COC(=O)c1ccc(CN(C(=O)N2CCNCC2)c2cccc(C)c2)cc1.Cl. The first-order chi connectivity index (χ1) is 13.1. The van der Waals surface area contributed by atoms with Crippen LogP contribution >= 0.6 is 12.4 Å². The second-order valence-electron chi connectivity index (χ2n) is 6.63. The van der Waals surface area contributed by atoms with Crippen LogP contribution in [0.15, 0.2) is 48.5 Å². The third-order valence-electron chi connectivity index (χ3n) is 4.65. The first-order valence-electron chi connectivity index (χ1n) is 9.09. The van der Waals surface area contributed by atoms with Crippen LogP contribution in [0.4, 0.5) is 10.5 Å². The maximum atomic E-state index is 13.2. The van der Waals surface area contributed by atoms with Gasteiger partial charge in [-0.3, -0.25) is 4.90 Å². The number of piperazine rings is 1. The second kappa shape index (κ2) is 10.1. The average molecular weight is 404 g/mol. The number of nitrogens with one attached hydrogen (secondary N) is 1. The van der Waals surface area contributed by atoms with Gasteiger partial charge >= 0.3 is 12.0 Å². The van der Waals surface area contributed by atoms with Gasteiger partial charge in [0, 0.05) is 31.9 Å². The van der Waals surface area contributed by atoms with Crippen molar-refractivity contribution in [1.29, 1.82) is 0 Å². The van der Waals surface area contributed by atoms with Crippen LogP contribution in [0, 0.1) is 6.92 Å². The number of benzene rings is 2. The number of ether oxygens (including phenoxy) is 1. The van der Waals surface area contributed by atoms with Crippen LogP contribution in [0.1, 0.15) is 21.5 Å². The molecule has 0 atom stereocenters. The molecule has 0 saturated carbocycles. The Morgan fingerprint density at radius 1 is 1.11 bits per heavy atom. The molecule has 0 unspecified atom stereocenters. The summed E-state index contributed by atoms with van der Waals surface area (Å²) in [5.74, 6) is -0.367. The summed E-state index contributed by atoms with van der Waals surface area (Å²) in [5.41, 5.74) is 3.42. The van der Waals surface area contributed by atoms with Crippen molar-refractivity contribution >= 4 is 30.1 Å². The third kappa shape index (κ3) is 5.24. The van der Waals surface area contributed by atoms with Crippen LogP contribution in [0.25, 0.3) is 0 Å². The largest absolute Gasteiger partial charge is 0.465 e. The van der Waals surface area contributed by atoms with Gasteiger partial charge in [-0.25, -0.2) is 9.59 Å². The Morgan fingerprint density at radius 2 is 1.79 bits per heavy atom. The number of carbonyl (C=O) groups excluding carboxylic acids is 2. The average Bonchev–Trinajstić information content (AvgIpc) is 2.72. The minimum absolute atomic E-state index is 0. The first-order valence-corrected chi connectivity index (χ1v) is 9.09. The minimum atomic E-state index is -0.367. The highest BCUT2D eigenvalue weighted by Crippen LogP contribution is 2.21. The lowest BCUT2D eigenvalue weighted by Crippen LogP contribution is -2.51. The Kier molecular flexibility index (Phi) is 7.84. The van der Waals surface area contributed by atoms with E-state index in [1.807, 2.05) is 48.2 Å². The van der Waals surface area contributed by atoms with E-state index in [9.17, 15) is 9.59 Å². The van der Waals surface area contributed by atoms with E-state index in [0.29, 0.717) is 25.2 Å². The van der Waals surface area contributed by atoms with Crippen molar-refractivity contribution in [3.8, 4) is 0 Å². The maximum Gasteiger partial charge on any atom is 0.337 e. The smallest absolute Gasteiger partial charge is 0.337 e. The Balaban J connectivity index is 0.00000280. The van der Waals surface area contributed by atoms with Gasteiger partial charge in [0.25, 0.3) is 0 Å². The first kappa shape index (κ1) is 21.7. The summed E-state index contributed by atoms with van der Waals surface area (Å²) in [4.78, 5) is 28.5. The van der Waals surface area contributed by atoms with E-state index in [1.54, 1.807) is 17.0 Å². The monoisotopic (exact) mass is 403 g/mol. The van der Waals surface area contributed by atoms with Crippen molar-refractivity contribution in [2.75, 3.05) is 38.2 Å². The Morgan fingerprint density at radius 3 is 2.39 bits per heavy atom. The molecule has 0 bridgehead atoms. The van der Waals surface area contributed by atoms with Crippen molar-refractivity contribution in [3.63, 3.8) is 0 Å². The van der Waals surface area contributed by atoms with Gasteiger partial charge in [0.2, 0.25) is 0 Å². The summed E-state index contributed by atoms with van der Waals surface area (Å²) >= 11 is 0. The zero-order chi connectivity index (χ0) is 19.2. The molecule has 2 amide bonds. The van der Waals surface area contributed by atoms with E-state index in [4.69, 9.17) is 4.74 Å². The number of methoxy groups -OCH3 is 1. The lowest BCUT2D eigenvalue weighted by Gasteiger charge is -2.33. The van der Waals surface area contributed by atoms with Crippen LogP contribution in [0.3, 0.4) is 0 Å². The highest BCUT2D eigenvalue weighted by Gasteiger charge is 2.24. The van der Waals surface area contributed by atoms with E-state index < -0.39 is 0 Å². The Hall–Kier alpha value is -2.57. The molecule has 3 rings (SSSR count). The number of hydrogen-bond donors (Lipinski definition) is 1. The quantitative estimate of drug-likeness (QED) is 0.796. The summed E-state index contributed by atoms with van der Waals surface area (Å²) in [6, 6.07) is 15.1. The number of esters is 1. The predicted molar refractivity (Wildman–Crippen MR) is 112 cm³/mol. The van der Waals surface area contributed by atoms with Crippen LogP contribution < -0.4 is 10.2 Å². The van der Waals surface area contributed by atoms with Gasteiger partial charge < -0.3 is 15.0 Å². The fraction of sp³-hybridized carbons (Fsp3) is 0.333. The highest BCUT2D eigenvalue weighted by atomic mass is 35.5. The van der Waals surface area contributed by atoms with Gasteiger partial charge in [-0.15, -0.1) is 12.4 Å². The molecule has 1 heterocycles. The van der Waals surface area contributed by atoms with Crippen molar-refractivity contribution in [2.45, 2.75) is 13.5 Å².